The number of rotatable bonds is 3. The first-order valence-electron chi connectivity index (χ1n) is 7.74. The van der Waals surface area contributed by atoms with E-state index in [-0.39, 0.29) is 25.1 Å². The number of carbonyl (C=O) groups is 2. The van der Waals surface area contributed by atoms with Gasteiger partial charge in [-0.3, -0.25) is 14.5 Å². The number of anilines is 1. The van der Waals surface area contributed by atoms with E-state index >= 15 is 0 Å². The quantitative estimate of drug-likeness (QED) is 0.847. The van der Waals surface area contributed by atoms with Gasteiger partial charge in [0.2, 0.25) is 5.91 Å². The van der Waals surface area contributed by atoms with E-state index in [0.717, 1.165) is 13.1 Å². The highest BCUT2D eigenvalue weighted by atomic mass is 16.5. The Morgan fingerprint density at radius 3 is 2.83 bits per heavy atom. The van der Waals surface area contributed by atoms with Gasteiger partial charge in [0.05, 0.1) is 31.5 Å². The van der Waals surface area contributed by atoms with Crippen LogP contribution >= 0.6 is 0 Å². The van der Waals surface area contributed by atoms with Gasteiger partial charge in [-0.25, -0.2) is 0 Å². The molecular weight excluding hydrogens is 298 g/mol. The fourth-order valence-corrected chi connectivity index (χ4v) is 2.93. The molecule has 2 atom stereocenters. The van der Waals surface area contributed by atoms with E-state index < -0.39 is 12.0 Å². The van der Waals surface area contributed by atoms with Gasteiger partial charge in [0.15, 0.2) is 6.10 Å². The molecule has 0 unspecified atom stereocenters. The summed E-state index contributed by atoms with van der Waals surface area (Å²) in [6, 6.07) is 7.19. The SMILES string of the molecule is C[C@@H]1CN(CC(=O)N2C[C@H](C(N)=O)Oc3ccccc32)CCO1. The van der Waals surface area contributed by atoms with Crippen molar-refractivity contribution in [2.24, 2.45) is 5.73 Å². The number of benzene rings is 1. The van der Waals surface area contributed by atoms with Crippen LogP contribution in [0.1, 0.15) is 6.92 Å². The van der Waals surface area contributed by atoms with Crippen molar-refractivity contribution in [3.05, 3.63) is 24.3 Å². The van der Waals surface area contributed by atoms with Crippen molar-refractivity contribution < 1.29 is 19.1 Å². The number of fused-ring (bicyclic) bond motifs is 1. The lowest BCUT2D eigenvalue weighted by Gasteiger charge is -2.36. The Morgan fingerprint density at radius 1 is 1.30 bits per heavy atom. The summed E-state index contributed by atoms with van der Waals surface area (Å²) in [5.41, 5.74) is 6.04. The molecule has 1 aromatic rings. The summed E-state index contributed by atoms with van der Waals surface area (Å²) in [6.45, 7) is 4.48. The van der Waals surface area contributed by atoms with Crippen LogP contribution in [-0.2, 0) is 14.3 Å². The molecular formula is C16H21N3O4. The number of para-hydroxylation sites is 2. The molecule has 7 heteroatoms. The van der Waals surface area contributed by atoms with Crippen molar-refractivity contribution in [3.63, 3.8) is 0 Å². The maximum absolute atomic E-state index is 12.7. The lowest BCUT2D eigenvalue weighted by molar-refractivity contribution is -0.126. The molecule has 2 N–H and O–H groups in total. The summed E-state index contributed by atoms with van der Waals surface area (Å²) in [5.74, 6) is -0.135. The number of primary amides is 1. The molecule has 2 amide bonds. The molecule has 7 nitrogen and oxygen atoms in total. The Bertz CT molecular complexity index is 607. The summed E-state index contributed by atoms with van der Waals surface area (Å²) in [5, 5.41) is 0. The van der Waals surface area contributed by atoms with E-state index in [1.807, 2.05) is 19.1 Å². The van der Waals surface area contributed by atoms with Crippen molar-refractivity contribution in [3.8, 4) is 5.75 Å². The zero-order chi connectivity index (χ0) is 16.4. The highest BCUT2D eigenvalue weighted by Gasteiger charge is 2.33. The second kappa shape index (κ2) is 6.55. The predicted molar refractivity (Wildman–Crippen MR) is 84.3 cm³/mol. The van der Waals surface area contributed by atoms with Gasteiger partial charge < -0.3 is 20.1 Å². The first-order valence-corrected chi connectivity index (χ1v) is 7.74. The number of hydrogen-bond acceptors (Lipinski definition) is 5. The Hall–Kier alpha value is -2.12. The van der Waals surface area contributed by atoms with Crippen molar-refractivity contribution in [1.82, 2.24) is 4.90 Å². The highest BCUT2D eigenvalue weighted by molar-refractivity contribution is 5.98. The lowest BCUT2D eigenvalue weighted by Crippen LogP contribution is -2.53. The minimum atomic E-state index is -0.822. The van der Waals surface area contributed by atoms with Gasteiger partial charge in [-0.15, -0.1) is 0 Å². The Kier molecular flexibility index (Phi) is 4.49. The Labute approximate surface area is 134 Å². The first kappa shape index (κ1) is 15.8. The number of nitrogens with two attached hydrogens (primary N) is 1. The number of nitrogens with zero attached hydrogens (tertiary/aromatic N) is 2. The average Bonchev–Trinajstić information content (AvgIpc) is 2.53. The molecule has 1 saturated heterocycles. The van der Waals surface area contributed by atoms with E-state index in [2.05, 4.69) is 4.90 Å². The van der Waals surface area contributed by atoms with Gasteiger partial charge in [-0.1, -0.05) is 12.1 Å². The van der Waals surface area contributed by atoms with Crippen LogP contribution in [0.3, 0.4) is 0 Å². The molecule has 0 spiro atoms. The van der Waals surface area contributed by atoms with Crippen LogP contribution in [0.5, 0.6) is 5.75 Å². The molecule has 23 heavy (non-hydrogen) atoms. The zero-order valence-corrected chi connectivity index (χ0v) is 13.1. The molecule has 1 fully saturated rings. The third-order valence-electron chi connectivity index (χ3n) is 4.08. The smallest absolute Gasteiger partial charge is 0.260 e. The number of amides is 2. The van der Waals surface area contributed by atoms with Crippen LogP contribution in [0.25, 0.3) is 0 Å². The largest absolute Gasteiger partial charge is 0.477 e. The number of morpholine rings is 1. The number of carbonyl (C=O) groups excluding carboxylic acids is 2. The van der Waals surface area contributed by atoms with Crippen LogP contribution in [0.15, 0.2) is 24.3 Å². The predicted octanol–water partition coefficient (Wildman–Crippen LogP) is -0.0134. The summed E-state index contributed by atoms with van der Waals surface area (Å²) < 4.78 is 11.1. The van der Waals surface area contributed by atoms with E-state index in [1.165, 1.54) is 0 Å². The fourth-order valence-electron chi connectivity index (χ4n) is 2.93. The second-order valence-electron chi connectivity index (χ2n) is 5.90. The molecule has 1 aromatic carbocycles. The molecule has 0 bridgehead atoms. The Balaban J connectivity index is 1.77. The normalized spacial score (nSPS) is 24.7. The Morgan fingerprint density at radius 2 is 2.09 bits per heavy atom. The standard InChI is InChI=1S/C16H21N3O4/c1-11-8-18(6-7-22-11)10-15(20)19-9-14(16(17)21)23-13-5-3-2-4-12(13)19/h2-5,11,14H,6-10H2,1H3,(H2,17,21)/t11-,14-/m1/s1. The molecule has 0 saturated carbocycles. The molecule has 0 radical (unpaired) electrons. The molecule has 0 aliphatic carbocycles. The van der Waals surface area contributed by atoms with Gasteiger partial charge in [0.1, 0.15) is 5.75 Å². The summed E-state index contributed by atoms with van der Waals surface area (Å²) in [6.07, 6.45) is -0.704. The lowest BCUT2D eigenvalue weighted by atomic mass is 10.1. The summed E-state index contributed by atoms with van der Waals surface area (Å²) in [4.78, 5) is 27.9. The van der Waals surface area contributed by atoms with Crippen LogP contribution in [0.4, 0.5) is 5.69 Å². The van der Waals surface area contributed by atoms with Crippen LogP contribution in [-0.4, -0.2) is 61.7 Å². The minimum Gasteiger partial charge on any atom is -0.477 e. The molecule has 2 heterocycles. The highest BCUT2D eigenvalue weighted by Crippen LogP contribution is 2.33. The van der Waals surface area contributed by atoms with Gasteiger partial charge in [-0.05, 0) is 19.1 Å². The molecule has 0 aromatic heterocycles. The number of hydrogen-bond donors (Lipinski definition) is 1. The van der Waals surface area contributed by atoms with E-state index in [1.54, 1.807) is 17.0 Å². The van der Waals surface area contributed by atoms with Gasteiger partial charge >= 0.3 is 0 Å². The van der Waals surface area contributed by atoms with Crippen molar-refractivity contribution >= 4 is 17.5 Å². The fraction of sp³-hybridized carbons (Fsp3) is 0.500. The molecule has 124 valence electrons. The maximum atomic E-state index is 12.7. The van der Waals surface area contributed by atoms with Crippen molar-refractivity contribution in [2.45, 2.75) is 19.1 Å². The van der Waals surface area contributed by atoms with Gasteiger partial charge in [-0.2, -0.15) is 0 Å². The monoisotopic (exact) mass is 319 g/mol. The van der Waals surface area contributed by atoms with E-state index in [0.29, 0.717) is 18.0 Å². The van der Waals surface area contributed by atoms with Gasteiger partial charge in [0, 0.05) is 13.1 Å². The van der Waals surface area contributed by atoms with Crippen LogP contribution in [0, 0.1) is 0 Å². The topological polar surface area (TPSA) is 85.1 Å². The second-order valence-corrected chi connectivity index (χ2v) is 5.90. The van der Waals surface area contributed by atoms with E-state index in [9.17, 15) is 9.59 Å². The van der Waals surface area contributed by atoms with Crippen molar-refractivity contribution in [2.75, 3.05) is 37.7 Å². The first-order chi connectivity index (χ1) is 11.0. The molecule has 3 rings (SSSR count). The number of ether oxygens (including phenoxy) is 2. The average molecular weight is 319 g/mol. The molecule has 2 aliphatic rings. The third-order valence-corrected chi connectivity index (χ3v) is 4.08. The molecule has 2 aliphatic heterocycles. The minimum absolute atomic E-state index is 0.0684. The summed E-state index contributed by atoms with van der Waals surface area (Å²) in [7, 11) is 0. The van der Waals surface area contributed by atoms with Crippen molar-refractivity contribution in [1.29, 1.82) is 0 Å². The third kappa shape index (κ3) is 3.46. The summed E-state index contributed by atoms with van der Waals surface area (Å²) >= 11 is 0. The van der Waals surface area contributed by atoms with Crippen LogP contribution < -0.4 is 15.4 Å². The maximum Gasteiger partial charge on any atom is 0.260 e. The van der Waals surface area contributed by atoms with Gasteiger partial charge in [0.25, 0.3) is 5.91 Å². The van der Waals surface area contributed by atoms with Crippen LogP contribution in [0.2, 0.25) is 0 Å². The zero-order valence-electron chi connectivity index (χ0n) is 13.1. The van der Waals surface area contributed by atoms with E-state index in [4.69, 9.17) is 15.2 Å².